The summed E-state index contributed by atoms with van der Waals surface area (Å²) < 4.78 is 0. The van der Waals surface area contributed by atoms with E-state index in [1.54, 1.807) is 0 Å². The Hall–Kier alpha value is -1.03. The zero-order valence-corrected chi connectivity index (χ0v) is 8.95. The first-order valence-corrected chi connectivity index (χ1v) is 5.11. The summed E-state index contributed by atoms with van der Waals surface area (Å²) in [5.74, 6) is 1.51. The molecule has 4 nitrogen and oxygen atoms in total. The van der Waals surface area contributed by atoms with Crippen LogP contribution >= 0.6 is 0 Å². The van der Waals surface area contributed by atoms with Crippen LogP contribution in [0.25, 0.3) is 0 Å². The summed E-state index contributed by atoms with van der Waals surface area (Å²) in [6, 6.07) is 0.287. The van der Waals surface area contributed by atoms with Crippen molar-refractivity contribution < 1.29 is 4.84 Å². The number of likely N-dealkylation sites (N-methyl/N-ethyl adjacent to an activating group) is 1. The van der Waals surface area contributed by atoms with Crippen molar-refractivity contribution in [3.8, 4) is 0 Å². The molecule has 14 heavy (non-hydrogen) atoms. The molecule has 0 radical (unpaired) electrons. The highest BCUT2D eigenvalue weighted by Crippen LogP contribution is 2.29. The number of hydrogen-bond acceptors (Lipinski definition) is 4. The fourth-order valence-corrected chi connectivity index (χ4v) is 2.27. The Bertz CT molecular complexity index is 285. The van der Waals surface area contributed by atoms with Gasteiger partial charge in [0.15, 0.2) is 0 Å². The number of nitrogens with zero attached hydrogens (tertiary/aromatic N) is 2. The SMILES string of the molecule is CCC1C(C)=NN(C)C1C1=CCNO1. The highest BCUT2D eigenvalue weighted by Gasteiger charge is 2.36. The van der Waals surface area contributed by atoms with E-state index in [1.807, 2.05) is 12.1 Å². The molecule has 1 N–H and O–H groups in total. The van der Waals surface area contributed by atoms with Crippen LogP contribution < -0.4 is 5.48 Å². The highest BCUT2D eigenvalue weighted by atomic mass is 16.7. The lowest BCUT2D eigenvalue weighted by atomic mass is 9.92. The molecule has 0 aromatic heterocycles. The number of hydroxylamine groups is 1. The summed E-state index contributed by atoms with van der Waals surface area (Å²) in [5.41, 5.74) is 4.06. The fraction of sp³-hybridized carbons (Fsp3) is 0.700. The summed E-state index contributed by atoms with van der Waals surface area (Å²) in [4.78, 5) is 5.38. The van der Waals surface area contributed by atoms with E-state index < -0.39 is 0 Å². The quantitative estimate of drug-likeness (QED) is 0.717. The third-order valence-corrected chi connectivity index (χ3v) is 2.94. The second-order valence-electron chi connectivity index (χ2n) is 3.83. The second-order valence-corrected chi connectivity index (χ2v) is 3.83. The lowest BCUT2D eigenvalue weighted by molar-refractivity contribution is 0.0905. The summed E-state index contributed by atoms with van der Waals surface area (Å²) in [6.07, 6.45) is 3.20. The van der Waals surface area contributed by atoms with Crippen LogP contribution in [0.5, 0.6) is 0 Å². The fourth-order valence-electron chi connectivity index (χ4n) is 2.27. The Morgan fingerprint density at radius 1 is 1.71 bits per heavy atom. The van der Waals surface area contributed by atoms with Crippen molar-refractivity contribution in [1.29, 1.82) is 0 Å². The summed E-state index contributed by atoms with van der Waals surface area (Å²) in [5, 5.41) is 6.47. The third kappa shape index (κ3) is 1.39. The van der Waals surface area contributed by atoms with Gasteiger partial charge in [0, 0.05) is 18.7 Å². The third-order valence-electron chi connectivity index (χ3n) is 2.94. The van der Waals surface area contributed by atoms with Gasteiger partial charge in [0.2, 0.25) is 0 Å². The maximum Gasteiger partial charge on any atom is 0.146 e. The van der Waals surface area contributed by atoms with E-state index in [2.05, 4.69) is 30.5 Å². The average Bonchev–Trinajstić information content (AvgIpc) is 2.72. The smallest absolute Gasteiger partial charge is 0.146 e. The normalized spacial score (nSPS) is 31.5. The first-order valence-electron chi connectivity index (χ1n) is 5.11. The van der Waals surface area contributed by atoms with E-state index in [0.29, 0.717) is 5.92 Å². The van der Waals surface area contributed by atoms with Gasteiger partial charge in [0.25, 0.3) is 0 Å². The Labute approximate surface area is 84.6 Å². The minimum absolute atomic E-state index is 0.287. The Balaban J connectivity index is 2.18. The standard InChI is InChI=1S/C10H17N3O/c1-4-8-7(2)12-13(3)10(8)9-5-6-11-14-9/h5,8,10-11H,4,6H2,1-3H3. The summed E-state index contributed by atoms with van der Waals surface area (Å²) in [6.45, 7) is 5.08. The van der Waals surface area contributed by atoms with E-state index in [4.69, 9.17) is 4.84 Å². The van der Waals surface area contributed by atoms with E-state index in [0.717, 1.165) is 18.7 Å². The zero-order valence-electron chi connectivity index (χ0n) is 8.95. The molecule has 2 rings (SSSR count). The molecule has 0 aromatic carbocycles. The maximum atomic E-state index is 5.38. The van der Waals surface area contributed by atoms with Crippen molar-refractivity contribution in [2.45, 2.75) is 26.3 Å². The van der Waals surface area contributed by atoms with E-state index in [-0.39, 0.29) is 6.04 Å². The number of rotatable bonds is 2. The molecular formula is C10H17N3O. The van der Waals surface area contributed by atoms with Gasteiger partial charge < -0.3 is 4.84 Å². The zero-order chi connectivity index (χ0) is 10.1. The number of hydrazone groups is 1. The van der Waals surface area contributed by atoms with Crippen LogP contribution in [-0.4, -0.2) is 30.4 Å². The Kier molecular flexibility index (Phi) is 2.46. The van der Waals surface area contributed by atoms with Gasteiger partial charge in [0.1, 0.15) is 11.8 Å². The van der Waals surface area contributed by atoms with E-state index >= 15 is 0 Å². The van der Waals surface area contributed by atoms with Gasteiger partial charge in [-0.2, -0.15) is 10.6 Å². The van der Waals surface area contributed by atoms with Crippen molar-refractivity contribution in [1.82, 2.24) is 10.5 Å². The van der Waals surface area contributed by atoms with Crippen LogP contribution in [0.15, 0.2) is 16.9 Å². The molecule has 2 unspecified atom stereocenters. The van der Waals surface area contributed by atoms with Crippen molar-refractivity contribution in [3.63, 3.8) is 0 Å². The van der Waals surface area contributed by atoms with Crippen LogP contribution in [0, 0.1) is 5.92 Å². The van der Waals surface area contributed by atoms with Crippen LogP contribution in [-0.2, 0) is 4.84 Å². The van der Waals surface area contributed by atoms with Crippen LogP contribution in [0.2, 0.25) is 0 Å². The van der Waals surface area contributed by atoms with Crippen molar-refractivity contribution >= 4 is 5.71 Å². The molecule has 0 amide bonds. The van der Waals surface area contributed by atoms with Crippen molar-refractivity contribution in [2.75, 3.05) is 13.6 Å². The number of nitrogens with one attached hydrogen (secondary N) is 1. The molecule has 0 saturated heterocycles. The largest absolute Gasteiger partial charge is 0.411 e. The Morgan fingerprint density at radius 3 is 3.07 bits per heavy atom. The summed E-state index contributed by atoms with van der Waals surface area (Å²) >= 11 is 0. The molecule has 4 heteroatoms. The molecule has 78 valence electrons. The molecule has 2 aliphatic heterocycles. The van der Waals surface area contributed by atoms with Crippen LogP contribution in [0.4, 0.5) is 0 Å². The number of hydrogen-bond donors (Lipinski definition) is 1. The molecule has 2 atom stereocenters. The molecule has 2 aliphatic rings. The molecular weight excluding hydrogens is 178 g/mol. The lowest BCUT2D eigenvalue weighted by Gasteiger charge is -2.24. The van der Waals surface area contributed by atoms with Crippen molar-refractivity contribution in [2.24, 2.45) is 11.0 Å². The van der Waals surface area contributed by atoms with Gasteiger partial charge in [-0.15, -0.1) is 0 Å². The Morgan fingerprint density at radius 2 is 2.50 bits per heavy atom. The first kappa shape index (κ1) is 9.52. The molecule has 2 heterocycles. The molecule has 0 spiro atoms. The molecule has 0 aliphatic carbocycles. The van der Waals surface area contributed by atoms with Crippen LogP contribution in [0.1, 0.15) is 20.3 Å². The average molecular weight is 195 g/mol. The van der Waals surface area contributed by atoms with Gasteiger partial charge in [0.05, 0.1) is 6.54 Å². The predicted octanol–water partition coefficient (Wildman–Crippen LogP) is 1.12. The van der Waals surface area contributed by atoms with Crippen molar-refractivity contribution in [3.05, 3.63) is 11.8 Å². The van der Waals surface area contributed by atoms with Gasteiger partial charge in [-0.25, -0.2) is 0 Å². The van der Waals surface area contributed by atoms with E-state index in [1.165, 1.54) is 5.71 Å². The monoisotopic (exact) mass is 195 g/mol. The van der Waals surface area contributed by atoms with E-state index in [9.17, 15) is 0 Å². The second kappa shape index (κ2) is 3.61. The molecule has 0 saturated carbocycles. The maximum absolute atomic E-state index is 5.38. The highest BCUT2D eigenvalue weighted by molar-refractivity contribution is 5.86. The van der Waals surface area contributed by atoms with Gasteiger partial charge >= 0.3 is 0 Å². The van der Waals surface area contributed by atoms with Crippen LogP contribution in [0.3, 0.4) is 0 Å². The lowest BCUT2D eigenvalue weighted by Crippen LogP contribution is -2.33. The first-order chi connectivity index (χ1) is 6.74. The molecule has 0 aromatic rings. The van der Waals surface area contributed by atoms with Gasteiger partial charge in [-0.05, 0) is 19.4 Å². The van der Waals surface area contributed by atoms with Gasteiger partial charge in [-0.1, -0.05) is 6.92 Å². The van der Waals surface area contributed by atoms with Gasteiger partial charge in [-0.3, -0.25) is 5.01 Å². The minimum atomic E-state index is 0.287. The topological polar surface area (TPSA) is 36.9 Å². The summed E-state index contributed by atoms with van der Waals surface area (Å²) in [7, 11) is 2.01. The molecule has 0 fully saturated rings. The minimum Gasteiger partial charge on any atom is -0.411 e. The predicted molar refractivity (Wildman–Crippen MR) is 55.6 cm³/mol. The molecule has 0 bridgehead atoms.